The van der Waals surface area contributed by atoms with Gasteiger partial charge in [-0.3, -0.25) is 4.79 Å². The number of hydrogen-bond donors (Lipinski definition) is 2. The minimum Gasteiger partial charge on any atom is -0.350 e. The zero-order chi connectivity index (χ0) is 13.4. The van der Waals surface area contributed by atoms with Gasteiger partial charge in [-0.2, -0.15) is 0 Å². The average Bonchev–Trinajstić information content (AvgIpc) is 2.35. The summed E-state index contributed by atoms with van der Waals surface area (Å²) >= 11 is 0. The Morgan fingerprint density at radius 3 is 2.67 bits per heavy atom. The Bertz CT molecular complexity index is 377. The number of carbonyl (C=O) groups excluding carboxylic acids is 1. The number of nitrogens with one attached hydrogen (secondary N) is 1. The maximum absolute atomic E-state index is 11.8. The van der Waals surface area contributed by atoms with Crippen molar-refractivity contribution in [3.05, 3.63) is 35.4 Å². The molecule has 3 nitrogen and oxygen atoms in total. The molecular weight excluding hydrogens is 224 g/mol. The molecule has 0 saturated carbocycles. The van der Waals surface area contributed by atoms with Crippen LogP contribution in [-0.2, 0) is 4.79 Å². The minimum absolute atomic E-state index is 0.0770. The van der Waals surface area contributed by atoms with E-state index in [0.717, 1.165) is 19.3 Å². The molecular formula is C15H24N2O. The smallest absolute Gasteiger partial charge is 0.220 e. The van der Waals surface area contributed by atoms with Gasteiger partial charge in [-0.05, 0) is 44.4 Å². The van der Waals surface area contributed by atoms with Crippen LogP contribution in [0.2, 0.25) is 0 Å². The third-order valence-electron chi connectivity index (χ3n) is 3.14. The molecule has 18 heavy (non-hydrogen) atoms. The molecule has 1 atom stereocenters. The number of carbonyl (C=O) groups is 1. The highest BCUT2D eigenvalue weighted by Crippen LogP contribution is 2.16. The topological polar surface area (TPSA) is 55.1 Å². The van der Waals surface area contributed by atoms with E-state index in [4.69, 9.17) is 5.73 Å². The van der Waals surface area contributed by atoms with Gasteiger partial charge < -0.3 is 11.1 Å². The number of amides is 1. The maximum atomic E-state index is 11.8. The fourth-order valence-corrected chi connectivity index (χ4v) is 2.07. The predicted molar refractivity (Wildman–Crippen MR) is 75.3 cm³/mol. The van der Waals surface area contributed by atoms with E-state index < -0.39 is 0 Å². The first-order chi connectivity index (χ1) is 8.65. The second-order valence-electron chi connectivity index (χ2n) is 4.75. The molecule has 0 bridgehead atoms. The fourth-order valence-electron chi connectivity index (χ4n) is 2.07. The van der Waals surface area contributed by atoms with E-state index in [9.17, 15) is 4.79 Å². The molecule has 0 fully saturated rings. The van der Waals surface area contributed by atoms with Crippen LogP contribution in [-0.4, -0.2) is 12.5 Å². The average molecular weight is 248 g/mol. The number of hydrogen-bond acceptors (Lipinski definition) is 2. The molecule has 0 aliphatic heterocycles. The van der Waals surface area contributed by atoms with Crippen LogP contribution >= 0.6 is 0 Å². The second-order valence-corrected chi connectivity index (χ2v) is 4.75. The predicted octanol–water partition coefficient (Wildman–Crippen LogP) is 2.69. The number of rotatable bonds is 7. The van der Waals surface area contributed by atoms with E-state index in [1.807, 2.05) is 19.1 Å². The van der Waals surface area contributed by atoms with Gasteiger partial charge in [0, 0.05) is 6.42 Å². The van der Waals surface area contributed by atoms with Gasteiger partial charge in [0.05, 0.1) is 6.04 Å². The number of aryl methyl sites for hydroxylation is 1. The molecule has 0 aliphatic carbocycles. The fraction of sp³-hybridized carbons (Fsp3) is 0.533. The largest absolute Gasteiger partial charge is 0.350 e. The van der Waals surface area contributed by atoms with Gasteiger partial charge in [0.1, 0.15) is 0 Å². The SMILES string of the molecule is Cc1ccccc1C(C)NC(=O)CCCCCN. The van der Waals surface area contributed by atoms with Gasteiger partial charge in [-0.25, -0.2) is 0 Å². The first-order valence-electron chi connectivity index (χ1n) is 6.70. The van der Waals surface area contributed by atoms with Crippen molar-refractivity contribution in [3.8, 4) is 0 Å². The zero-order valence-electron chi connectivity index (χ0n) is 11.4. The molecule has 1 aromatic rings. The molecule has 0 saturated heterocycles. The van der Waals surface area contributed by atoms with Gasteiger partial charge >= 0.3 is 0 Å². The molecule has 3 heteroatoms. The van der Waals surface area contributed by atoms with Crippen molar-refractivity contribution >= 4 is 5.91 Å². The van der Waals surface area contributed by atoms with Crippen molar-refractivity contribution in [1.82, 2.24) is 5.32 Å². The molecule has 3 N–H and O–H groups in total. The summed E-state index contributed by atoms with van der Waals surface area (Å²) in [6.45, 7) is 4.81. The van der Waals surface area contributed by atoms with E-state index in [1.54, 1.807) is 0 Å². The Balaban J connectivity index is 2.38. The van der Waals surface area contributed by atoms with Crippen molar-refractivity contribution in [2.24, 2.45) is 5.73 Å². The third kappa shape index (κ3) is 4.88. The van der Waals surface area contributed by atoms with E-state index in [-0.39, 0.29) is 11.9 Å². The Morgan fingerprint density at radius 1 is 1.28 bits per heavy atom. The van der Waals surface area contributed by atoms with Crippen LogP contribution in [0.25, 0.3) is 0 Å². The van der Waals surface area contributed by atoms with Crippen LogP contribution in [0.15, 0.2) is 24.3 Å². The molecule has 0 heterocycles. The van der Waals surface area contributed by atoms with Crippen LogP contribution < -0.4 is 11.1 Å². The molecule has 0 radical (unpaired) electrons. The minimum atomic E-state index is 0.0770. The Kier molecular flexibility index (Phi) is 6.44. The van der Waals surface area contributed by atoms with Crippen molar-refractivity contribution in [2.75, 3.05) is 6.54 Å². The standard InChI is InChI=1S/C15H24N2O/c1-12-8-5-6-9-14(12)13(2)17-15(18)10-4-3-7-11-16/h5-6,8-9,13H,3-4,7,10-11,16H2,1-2H3,(H,17,18). The molecule has 100 valence electrons. The normalized spacial score (nSPS) is 12.2. The van der Waals surface area contributed by atoms with Crippen LogP contribution in [0.4, 0.5) is 0 Å². The number of unbranched alkanes of at least 4 members (excludes halogenated alkanes) is 2. The van der Waals surface area contributed by atoms with Gasteiger partial charge in [0.15, 0.2) is 0 Å². The van der Waals surface area contributed by atoms with Gasteiger partial charge in [0.25, 0.3) is 0 Å². The summed E-state index contributed by atoms with van der Waals surface area (Å²) in [5, 5.41) is 3.04. The van der Waals surface area contributed by atoms with Gasteiger partial charge in [-0.1, -0.05) is 30.7 Å². The lowest BCUT2D eigenvalue weighted by molar-refractivity contribution is -0.121. The highest BCUT2D eigenvalue weighted by atomic mass is 16.1. The van der Waals surface area contributed by atoms with E-state index in [0.29, 0.717) is 13.0 Å². The van der Waals surface area contributed by atoms with Crippen LogP contribution in [0.3, 0.4) is 0 Å². The summed E-state index contributed by atoms with van der Waals surface area (Å²) in [6.07, 6.45) is 3.54. The van der Waals surface area contributed by atoms with E-state index in [2.05, 4.69) is 24.4 Å². The lowest BCUT2D eigenvalue weighted by atomic mass is 10.0. The van der Waals surface area contributed by atoms with Gasteiger partial charge in [0.2, 0.25) is 5.91 Å². The number of nitrogens with two attached hydrogens (primary N) is 1. The van der Waals surface area contributed by atoms with E-state index >= 15 is 0 Å². The van der Waals surface area contributed by atoms with Crippen molar-refractivity contribution in [3.63, 3.8) is 0 Å². The van der Waals surface area contributed by atoms with Crippen molar-refractivity contribution < 1.29 is 4.79 Å². The molecule has 1 aromatic carbocycles. The Morgan fingerprint density at radius 2 is 2.00 bits per heavy atom. The van der Waals surface area contributed by atoms with Crippen LogP contribution in [0.1, 0.15) is 49.8 Å². The Hall–Kier alpha value is -1.35. The van der Waals surface area contributed by atoms with Gasteiger partial charge in [-0.15, -0.1) is 0 Å². The zero-order valence-corrected chi connectivity index (χ0v) is 11.4. The second kappa shape index (κ2) is 7.88. The highest BCUT2D eigenvalue weighted by Gasteiger charge is 2.10. The molecule has 1 amide bonds. The van der Waals surface area contributed by atoms with E-state index in [1.165, 1.54) is 11.1 Å². The Labute approximate surface area is 110 Å². The summed E-state index contributed by atoms with van der Waals surface area (Å²) in [6, 6.07) is 8.23. The first kappa shape index (κ1) is 14.7. The highest BCUT2D eigenvalue weighted by molar-refractivity contribution is 5.76. The first-order valence-corrected chi connectivity index (χ1v) is 6.70. The number of benzene rings is 1. The quantitative estimate of drug-likeness (QED) is 0.729. The molecule has 1 unspecified atom stereocenters. The molecule has 0 spiro atoms. The summed E-state index contributed by atoms with van der Waals surface area (Å²) in [4.78, 5) is 11.8. The maximum Gasteiger partial charge on any atom is 0.220 e. The van der Waals surface area contributed by atoms with Crippen LogP contribution in [0, 0.1) is 6.92 Å². The molecule has 0 aromatic heterocycles. The lowest BCUT2D eigenvalue weighted by Gasteiger charge is -2.16. The van der Waals surface area contributed by atoms with Crippen molar-refractivity contribution in [1.29, 1.82) is 0 Å². The van der Waals surface area contributed by atoms with Crippen molar-refractivity contribution in [2.45, 2.75) is 45.6 Å². The summed E-state index contributed by atoms with van der Waals surface area (Å²) in [7, 11) is 0. The summed E-state index contributed by atoms with van der Waals surface area (Å²) in [5.74, 6) is 0.128. The summed E-state index contributed by atoms with van der Waals surface area (Å²) < 4.78 is 0. The van der Waals surface area contributed by atoms with Crippen LogP contribution in [0.5, 0.6) is 0 Å². The monoisotopic (exact) mass is 248 g/mol. The third-order valence-corrected chi connectivity index (χ3v) is 3.14. The lowest BCUT2D eigenvalue weighted by Crippen LogP contribution is -2.26. The molecule has 0 aliphatic rings. The summed E-state index contributed by atoms with van der Waals surface area (Å²) in [5.41, 5.74) is 7.82. The molecule has 1 rings (SSSR count).